The standard InChI is InChI=1S/C18H24N2O/c19-11-17(15-12-21-18-8-4-2-6-14(15)18)20-10-9-13-5-1-3-7-16(13)20/h2,4,6,8,12-13,16-17H,1,3,5,7,9-11,19H2. The summed E-state index contributed by atoms with van der Waals surface area (Å²) in [7, 11) is 0. The molecule has 1 aliphatic heterocycles. The van der Waals surface area contributed by atoms with E-state index in [4.69, 9.17) is 10.2 Å². The summed E-state index contributed by atoms with van der Waals surface area (Å²) in [6, 6.07) is 9.36. The van der Waals surface area contributed by atoms with Gasteiger partial charge < -0.3 is 10.2 Å². The molecule has 21 heavy (non-hydrogen) atoms. The van der Waals surface area contributed by atoms with Crippen LogP contribution in [0.4, 0.5) is 0 Å². The zero-order chi connectivity index (χ0) is 14.2. The molecule has 4 rings (SSSR count). The maximum absolute atomic E-state index is 6.17. The molecule has 0 radical (unpaired) electrons. The molecule has 1 aliphatic carbocycles. The maximum Gasteiger partial charge on any atom is 0.134 e. The lowest BCUT2D eigenvalue weighted by atomic mass is 9.84. The lowest BCUT2D eigenvalue weighted by molar-refractivity contribution is 0.135. The second kappa shape index (κ2) is 5.47. The van der Waals surface area contributed by atoms with E-state index in [9.17, 15) is 0 Å². The molecular weight excluding hydrogens is 260 g/mol. The van der Waals surface area contributed by atoms with Gasteiger partial charge in [-0.15, -0.1) is 0 Å². The first-order chi connectivity index (χ1) is 10.4. The van der Waals surface area contributed by atoms with E-state index in [1.807, 2.05) is 18.4 Å². The van der Waals surface area contributed by atoms with Crippen LogP contribution in [0.1, 0.15) is 43.7 Å². The first-order valence-corrected chi connectivity index (χ1v) is 8.30. The Morgan fingerprint density at radius 1 is 1.19 bits per heavy atom. The average Bonchev–Trinajstić information content (AvgIpc) is 3.14. The third-order valence-corrected chi connectivity index (χ3v) is 5.55. The van der Waals surface area contributed by atoms with Crippen molar-refractivity contribution in [2.45, 2.75) is 44.2 Å². The smallest absolute Gasteiger partial charge is 0.134 e. The molecule has 0 amide bonds. The predicted octanol–water partition coefficient (Wildman–Crippen LogP) is 3.70. The fourth-order valence-electron chi connectivity index (χ4n) is 4.53. The summed E-state index contributed by atoms with van der Waals surface area (Å²) in [4.78, 5) is 2.67. The second-order valence-corrected chi connectivity index (χ2v) is 6.58. The Bertz CT molecular complexity index is 620. The lowest BCUT2D eigenvalue weighted by Crippen LogP contribution is -2.40. The molecule has 3 nitrogen and oxygen atoms in total. The van der Waals surface area contributed by atoms with Gasteiger partial charge in [0.25, 0.3) is 0 Å². The third kappa shape index (κ3) is 2.19. The first-order valence-electron chi connectivity index (χ1n) is 8.30. The highest BCUT2D eigenvalue weighted by Crippen LogP contribution is 2.41. The minimum Gasteiger partial charge on any atom is -0.464 e. The molecule has 2 fully saturated rings. The number of nitrogens with two attached hydrogens (primary N) is 1. The molecule has 1 aromatic carbocycles. The van der Waals surface area contributed by atoms with Crippen molar-refractivity contribution in [2.24, 2.45) is 11.7 Å². The molecule has 3 atom stereocenters. The van der Waals surface area contributed by atoms with Crippen LogP contribution in [-0.4, -0.2) is 24.0 Å². The topological polar surface area (TPSA) is 42.4 Å². The van der Waals surface area contributed by atoms with E-state index in [0.29, 0.717) is 12.6 Å². The maximum atomic E-state index is 6.17. The van der Waals surface area contributed by atoms with Gasteiger partial charge in [0, 0.05) is 23.5 Å². The minimum atomic E-state index is 0.307. The van der Waals surface area contributed by atoms with Gasteiger partial charge in [-0.05, 0) is 37.8 Å². The molecular formula is C18H24N2O. The fraction of sp³-hybridized carbons (Fsp3) is 0.556. The number of para-hydroxylation sites is 1. The van der Waals surface area contributed by atoms with Crippen molar-refractivity contribution in [3.05, 3.63) is 36.1 Å². The zero-order valence-corrected chi connectivity index (χ0v) is 12.5. The van der Waals surface area contributed by atoms with Crippen molar-refractivity contribution < 1.29 is 4.42 Å². The van der Waals surface area contributed by atoms with Gasteiger partial charge in [-0.3, -0.25) is 4.90 Å². The van der Waals surface area contributed by atoms with E-state index >= 15 is 0 Å². The molecule has 2 heterocycles. The summed E-state index contributed by atoms with van der Waals surface area (Å²) >= 11 is 0. The number of furan rings is 1. The Labute approximate surface area is 126 Å². The van der Waals surface area contributed by atoms with Gasteiger partial charge in [-0.1, -0.05) is 31.0 Å². The number of benzene rings is 1. The van der Waals surface area contributed by atoms with Crippen LogP contribution in [0.3, 0.4) is 0 Å². The molecule has 3 unspecified atom stereocenters. The van der Waals surface area contributed by atoms with Crippen LogP contribution >= 0.6 is 0 Å². The zero-order valence-electron chi connectivity index (χ0n) is 12.5. The number of nitrogens with zero attached hydrogens (tertiary/aromatic N) is 1. The van der Waals surface area contributed by atoms with Crippen molar-refractivity contribution in [3.63, 3.8) is 0 Å². The van der Waals surface area contributed by atoms with Crippen LogP contribution in [0.15, 0.2) is 34.9 Å². The van der Waals surface area contributed by atoms with Crippen molar-refractivity contribution >= 4 is 11.0 Å². The average molecular weight is 284 g/mol. The Morgan fingerprint density at radius 2 is 2.05 bits per heavy atom. The lowest BCUT2D eigenvalue weighted by Gasteiger charge is -2.36. The van der Waals surface area contributed by atoms with Crippen LogP contribution in [0.25, 0.3) is 11.0 Å². The van der Waals surface area contributed by atoms with Gasteiger partial charge in [0.15, 0.2) is 0 Å². The minimum absolute atomic E-state index is 0.307. The largest absolute Gasteiger partial charge is 0.464 e. The van der Waals surface area contributed by atoms with Gasteiger partial charge in [-0.25, -0.2) is 0 Å². The summed E-state index contributed by atoms with van der Waals surface area (Å²) in [5, 5.41) is 1.23. The molecule has 0 spiro atoms. The predicted molar refractivity (Wildman–Crippen MR) is 85.1 cm³/mol. The van der Waals surface area contributed by atoms with Gasteiger partial charge in [-0.2, -0.15) is 0 Å². The van der Waals surface area contributed by atoms with E-state index in [2.05, 4.69) is 17.0 Å². The van der Waals surface area contributed by atoms with Gasteiger partial charge in [0.05, 0.1) is 12.3 Å². The normalized spacial score (nSPS) is 27.9. The molecule has 3 heteroatoms. The molecule has 0 bridgehead atoms. The fourth-order valence-corrected chi connectivity index (χ4v) is 4.53. The van der Waals surface area contributed by atoms with Crippen molar-refractivity contribution in [1.82, 2.24) is 4.90 Å². The Balaban J connectivity index is 1.68. The van der Waals surface area contributed by atoms with Crippen molar-refractivity contribution in [2.75, 3.05) is 13.1 Å². The molecule has 1 saturated carbocycles. The van der Waals surface area contributed by atoms with Crippen LogP contribution in [0.2, 0.25) is 0 Å². The number of fused-ring (bicyclic) bond motifs is 2. The van der Waals surface area contributed by atoms with E-state index < -0.39 is 0 Å². The second-order valence-electron chi connectivity index (χ2n) is 6.58. The monoisotopic (exact) mass is 284 g/mol. The molecule has 2 N–H and O–H groups in total. The highest BCUT2D eigenvalue weighted by Gasteiger charge is 2.39. The Hall–Kier alpha value is -1.32. The number of likely N-dealkylation sites (tertiary alicyclic amines) is 1. The molecule has 112 valence electrons. The quantitative estimate of drug-likeness (QED) is 0.934. The summed E-state index contributed by atoms with van der Waals surface area (Å²) < 4.78 is 5.75. The summed E-state index contributed by atoms with van der Waals surface area (Å²) in [6.07, 6.45) is 8.81. The van der Waals surface area contributed by atoms with E-state index in [0.717, 1.165) is 17.5 Å². The van der Waals surface area contributed by atoms with Crippen LogP contribution < -0.4 is 5.73 Å². The van der Waals surface area contributed by atoms with Crippen molar-refractivity contribution in [3.8, 4) is 0 Å². The van der Waals surface area contributed by atoms with Gasteiger partial charge in [0.1, 0.15) is 5.58 Å². The summed E-state index contributed by atoms with van der Waals surface area (Å²) in [6.45, 7) is 1.86. The van der Waals surface area contributed by atoms with Gasteiger partial charge in [0.2, 0.25) is 0 Å². The summed E-state index contributed by atoms with van der Waals surface area (Å²) in [5.74, 6) is 0.894. The van der Waals surface area contributed by atoms with Crippen LogP contribution in [0.5, 0.6) is 0 Å². The molecule has 2 aliphatic rings. The van der Waals surface area contributed by atoms with Crippen LogP contribution in [0, 0.1) is 5.92 Å². The number of hydrogen-bond donors (Lipinski definition) is 1. The Morgan fingerprint density at radius 3 is 2.95 bits per heavy atom. The highest BCUT2D eigenvalue weighted by molar-refractivity contribution is 5.81. The SMILES string of the molecule is NCC(c1coc2ccccc12)N1CCC2CCCCC21. The number of rotatable bonds is 3. The van der Waals surface area contributed by atoms with E-state index in [1.165, 1.54) is 49.6 Å². The van der Waals surface area contributed by atoms with Crippen molar-refractivity contribution in [1.29, 1.82) is 0 Å². The molecule has 1 saturated heterocycles. The van der Waals surface area contributed by atoms with E-state index in [-0.39, 0.29) is 0 Å². The first kappa shape index (κ1) is 13.4. The van der Waals surface area contributed by atoms with E-state index in [1.54, 1.807) is 0 Å². The third-order valence-electron chi connectivity index (χ3n) is 5.55. The Kier molecular flexibility index (Phi) is 3.48. The molecule has 1 aromatic heterocycles. The van der Waals surface area contributed by atoms with Gasteiger partial charge >= 0.3 is 0 Å². The molecule has 2 aromatic rings. The highest BCUT2D eigenvalue weighted by atomic mass is 16.3. The number of hydrogen-bond acceptors (Lipinski definition) is 3. The van der Waals surface area contributed by atoms with Crippen LogP contribution in [-0.2, 0) is 0 Å². The summed E-state index contributed by atoms with van der Waals surface area (Å²) in [5.41, 5.74) is 8.43.